The SMILES string of the molecule is Nn1c(N/N=C/c2ccccc2OCc2ccc(Cl)cc2)nnc1SCC(=O)c1ccc(Br)cc1. The summed E-state index contributed by atoms with van der Waals surface area (Å²) in [5.41, 5.74) is 5.16. The molecular formula is C24H20BrClN6O2S. The van der Waals surface area contributed by atoms with E-state index in [4.69, 9.17) is 22.2 Å². The van der Waals surface area contributed by atoms with Crippen LogP contribution in [-0.4, -0.2) is 32.6 Å². The van der Waals surface area contributed by atoms with Crippen LogP contribution in [0.5, 0.6) is 5.75 Å². The molecule has 0 aliphatic carbocycles. The van der Waals surface area contributed by atoms with E-state index in [0.717, 1.165) is 15.6 Å². The number of benzene rings is 3. The van der Waals surface area contributed by atoms with Crippen molar-refractivity contribution in [2.24, 2.45) is 5.10 Å². The number of halogens is 2. The van der Waals surface area contributed by atoms with Gasteiger partial charge in [0.05, 0.1) is 12.0 Å². The zero-order chi connectivity index (χ0) is 24.6. The molecule has 178 valence electrons. The number of nitrogen functional groups attached to an aromatic ring is 1. The van der Waals surface area contributed by atoms with Crippen LogP contribution in [0.4, 0.5) is 5.95 Å². The standard InChI is InChI=1S/C24H20BrClN6O2S/c25-19-9-7-17(8-10-19)21(33)15-35-24-31-30-23(32(24)27)29-28-13-18-3-1-2-4-22(18)34-14-16-5-11-20(26)12-6-16/h1-13H,14-15,27H2,(H,29,30)/b28-13+. The van der Waals surface area contributed by atoms with Crippen LogP contribution in [0.25, 0.3) is 0 Å². The van der Waals surface area contributed by atoms with Crippen molar-refractivity contribution in [2.45, 2.75) is 11.8 Å². The zero-order valence-corrected chi connectivity index (χ0v) is 21.4. The first-order chi connectivity index (χ1) is 17.0. The predicted molar refractivity (Wildman–Crippen MR) is 143 cm³/mol. The highest BCUT2D eigenvalue weighted by molar-refractivity contribution is 9.10. The maximum Gasteiger partial charge on any atom is 0.264 e. The van der Waals surface area contributed by atoms with Gasteiger partial charge in [-0.2, -0.15) is 5.10 Å². The first-order valence-electron chi connectivity index (χ1n) is 10.4. The summed E-state index contributed by atoms with van der Waals surface area (Å²) in [5, 5.41) is 13.3. The molecule has 0 saturated heterocycles. The number of para-hydroxylation sites is 1. The summed E-state index contributed by atoms with van der Waals surface area (Å²) in [5.74, 6) is 7.11. The van der Waals surface area contributed by atoms with E-state index in [0.29, 0.717) is 28.1 Å². The molecule has 0 bridgehead atoms. The molecule has 0 fully saturated rings. The number of thioether (sulfide) groups is 1. The second-order valence-electron chi connectivity index (χ2n) is 7.22. The summed E-state index contributed by atoms with van der Waals surface area (Å²) in [6.45, 7) is 0.395. The van der Waals surface area contributed by atoms with Crippen LogP contribution in [-0.2, 0) is 6.61 Å². The first-order valence-corrected chi connectivity index (χ1v) is 12.5. The maximum atomic E-state index is 12.4. The minimum atomic E-state index is -0.0340. The Morgan fingerprint density at radius 1 is 1.11 bits per heavy atom. The van der Waals surface area contributed by atoms with Gasteiger partial charge in [0.2, 0.25) is 5.16 Å². The topological polar surface area (TPSA) is 107 Å². The van der Waals surface area contributed by atoms with Crippen LogP contribution in [0.3, 0.4) is 0 Å². The van der Waals surface area contributed by atoms with Crippen molar-refractivity contribution in [1.82, 2.24) is 14.9 Å². The molecule has 0 radical (unpaired) electrons. The van der Waals surface area contributed by atoms with Gasteiger partial charge in [0.25, 0.3) is 5.95 Å². The number of hydrogen-bond acceptors (Lipinski definition) is 8. The highest BCUT2D eigenvalue weighted by Crippen LogP contribution is 2.21. The quantitative estimate of drug-likeness (QED) is 0.0862. The summed E-state index contributed by atoms with van der Waals surface area (Å²) < 4.78 is 8.10. The van der Waals surface area contributed by atoms with Crippen LogP contribution in [0, 0.1) is 0 Å². The number of carbonyl (C=O) groups excluding carboxylic acids is 1. The van der Waals surface area contributed by atoms with Gasteiger partial charge in [-0.15, -0.1) is 10.2 Å². The number of ether oxygens (including phenoxy) is 1. The highest BCUT2D eigenvalue weighted by atomic mass is 79.9. The average molecular weight is 572 g/mol. The summed E-state index contributed by atoms with van der Waals surface area (Å²) in [6, 6.07) is 22.2. The Morgan fingerprint density at radius 2 is 1.86 bits per heavy atom. The normalized spacial score (nSPS) is 11.0. The number of Topliss-reactive ketones (excluding diaryl/α,β-unsaturated/α-hetero) is 1. The number of nitrogens with one attached hydrogen (secondary N) is 1. The Kier molecular flexibility index (Phi) is 8.40. The Morgan fingerprint density at radius 3 is 2.63 bits per heavy atom. The molecule has 0 aliphatic rings. The van der Waals surface area contributed by atoms with Gasteiger partial charge in [0.1, 0.15) is 12.4 Å². The van der Waals surface area contributed by atoms with Crippen molar-refractivity contribution >= 4 is 57.2 Å². The lowest BCUT2D eigenvalue weighted by atomic mass is 10.2. The van der Waals surface area contributed by atoms with Gasteiger partial charge < -0.3 is 10.6 Å². The molecular weight excluding hydrogens is 552 g/mol. The molecule has 4 aromatic rings. The number of nitrogens with zero attached hydrogens (tertiary/aromatic N) is 4. The smallest absolute Gasteiger partial charge is 0.264 e. The number of nitrogens with two attached hydrogens (primary N) is 1. The third kappa shape index (κ3) is 6.84. The highest BCUT2D eigenvalue weighted by Gasteiger charge is 2.13. The average Bonchev–Trinajstić information content (AvgIpc) is 3.22. The molecule has 0 amide bonds. The van der Waals surface area contributed by atoms with Crippen LogP contribution >= 0.6 is 39.3 Å². The largest absolute Gasteiger partial charge is 0.488 e. The third-order valence-corrected chi connectivity index (χ3v) is 6.48. The second kappa shape index (κ2) is 11.9. The number of rotatable bonds is 10. The predicted octanol–water partition coefficient (Wildman–Crippen LogP) is 5.41. The fraction of sp³-hybridized carbons (Fsp3) is 0.0833. The molecule has 3 N–H and O–H groups in total. The molecule has 0 saturated carbocycles. The lowest BCUT2D eigenvalue weighted by molar-refractivity contribution is 0.102. The lowest BCUT2D eigenvalue weighted by Crippen LogP contribution is -2.14. The molecule has 3 aromatic carbocycles. The summed E-state index contributed by atoms with van der Waals surface area (Å²) in [4.78, 5) is 12.4. The molecule has 1 aromatic heterocycles. The Balaban J connectivity index is 1.34. The Labute approximate surface area is 219 Å². The molecule has 8 nitrogen and oxygen atoms in total. The number of carbonyl (C=O) groups is 1. The molecule has 0 atom stereocenters. The molecule has 0 unspecified atom stereocenters. The van der Waals surface area contributed by atoms with Gasteiger partial charge >= 0.3 is 0 Å². The Hall–Kier alpha value is -3.34. The van der Waals surface area contributed by atoms with E-state index in [2.05, 4.69) is 36.7 Å². The van der Waals surface area contributed by atoms with Crippen LogP contribution in [0.15, 0.2) is 87.5 Å². The van der Waals surface area contributed by atoms with E-state index in [9.17, 15) is 4.79 Å². The molecule has 11 heteroatoms. The van der Waals surface area contributed by atoms with Gasteiger partial charge in [0.15, 0.2) is 5.78 Å². The van der Waals surface area contributed by atoms with Crippen molar-refractivity contribution in [1.29, 1.82) is 0 Å². The number of ketones is 1. The van der Waals surface area contributed by atoms with Gasteiger partial charge in [0, 0.05) is 20.6 Å². The Bertz CT molecular complexity index is 1330. The van der Waals surface area contributed by atoms with Gasteiger partial charge in [-0.1, -0.05) is 75.7 Å². The molecule has 4 rings (SSSR count). The number of hydrazone groups is 1. The molecule has 0 aliphatic heterocycles. The third-order valence-electron chi connectivity index (χ3n) is 4.76. The van der Waals surface area contributed by atoms with E-state index >= 15 is 0 Å². The first kappa shape index (κ1) is 24.8. The van der Waals surface area contributed by atoms with Crippen LogP contribution in [0.2, 0.25) is 5.02 Å². The number of hydrogen-bond donors (Lipinski definition) is 2. The van der Waals surface area contributed by atoms with Crippen LogP contribution < -0.4 is 16.0 Å². The molecule has 35 heavy (non-hydrogen) atoms. The number of anilines is 1. The van der Waals surface area contributed by atoms with Crippen molar-refractivity contribution in [3.63, 3.8) is 0 Å². The van der Waals surface area contributed by atoms with Crippen molar-refractivity contribution in [2.75, 3.05) is 17.0 Å². The summed E-state index contributed by atoms with van der Waals surface area (Å²) in [7, 11) is 0. The van der Waals surface area contributed by atoms with Gasteiger partial charge in [-0.25, -0.2) is 10.1 Å². The monoisotopic (exact) mass is 570 g/mol. The van der Waals surface area contributed by atoms with Crippen molar-refractivity contribution in [3.05, 3.63) is 99.0 Å². The fourth-order valence-electron chi connectivity index (χ4n) is 2.92. The van der Waals surface area contributed by atoms with E-state index in [1.165, 1.54) is 16.4 Å². The summed E-state index contributed by atoms with van der Waals surface area (Å²) >= 11 is 10.5. The van der Waals surface area contributed by atoms with Gasteiger partial charge in [-0.3, -0.25) is 4.79 Å². The summed E-state index contributed by atoms with van der Waals surface area (Å²) in [6.07, 6.45) is 1.61. The minimum absolute atomic E-state index is 0.0340. The van der Waals surface area contributed by atoms with Gasteiger partial charge in [-0.05, 0) is 42.0 Å². The van der Waals surface area contributed by atoms with Crippen LogP contribution in [0.1, 0.15) is 21.5 Å². The van der Waals surface area contributed by atoms with E-state index in [1.807, 2.05) is 60.7 Å². The van der Waals surface area contributed by atoms with Crippen molar-refractivity contribution < 1.29 is 9.53 Å². The second-order valence-corrected chi connectivity index (χ2v) is 9.51. The van der Waals surface area contributed by atoms with E-state index < -0.39 is 0 Å². The van der Waals surface area contributed by atoms with E-state index in [-0.39, 0.29) is 17.5 Å². The molecule has 1 heterocycles. The van der Waals surface area contributed by atoms with E-state index in [1.54, 1.807) is 18.3 Å². The fourth-order valence-corrected chi connectivity index (χ4v) is 4.06. The molecule has 0 spiro atoms. The maximum absolute atomic E-state index is 12.4. The zero-order valence-electron chi connectivity index (χ0n) is 18.3. The minimum Gasteiger partial charge on any atom is -0.488 e. The lowest BCUT2D eigenvalue weighted by Gasteiger charge is -2.09. The van der Waals surface area contributed by atoms with Crippen molar-refractivity contribution in [3.8, 4) is 5.75 Å². The number of aromatic nitrogens is 3.